The van der Waals surface area contributed by atoms with E-state index >= 15 is 0 Å². The van der Waals surface area contributed by atoms with Gasteiger partial charge < -0.3 is 10.2 Å². The molecular formula is C7H10N2O. The molecule has 0 bridgehead atoms. The first-order valence-electron chi connectivity index (χ1n) is 3.53. The van der Waals surface area contributed by atoms with Crippen molar-refractivity contribution in [1.29, 1.82) is 0 Å². The normalized spacial score (nSPS) is 24.0. The fourth-order valence-electron chi connectivity index (χ4n) is 1.22. The maximum absolute atomic E-state index is 5.23. The predicted molar refractivity (Wildman–Crippen MR) is 39.0 cm³/mol. The van der Waals surface area contributed by atoms with Gasteiger partial charge in [0.2, 0.25) is 0 Å². The first-order valence-corrected chi connectivity index (χ1v) is 3.53. The first-order chi connectivity index (χ1) is 4.97. The van der Waals surface area contributed by atoms with Gasteiger partial charge in [-0.15, -0.1) is 0 Å². The minimum Gasteiger partial charge on any atom is -0.375 e. The molecule has 0 spiro atoms. The Morgan fingerprint density at radius 1 is 1.60 bits per heavy atom. The van der Waals surface area contributed by atoms with Crippen LogP contribution in [0, 0.1) is 0 Å². The zero-order valence-corrected chi connectivity index (χ0v) is 5.76. The summed E-state index contributed by atoms with van der Waals surface area (Å²) >= 11 is 0. The zero-order valence-electron chi connectivity index (χ0n) is 5.76. The van der Waals surface area contributed by atoms with Crippen molar-refractivity contribution in [2.75, 3.05) is 19.8 Å². The number of hydrogen-bond acceptors (Lipinski definition) is 3. The van der Waals surface area contributed by atoms with Gasteiger partial charge in [0.15, 0.2) is 0 Å². The Morgan fingerprint density at radius 2 is 2.60 bits per heavy atom. The monoisotopic (exact) mass is 138 g/mol. The van der Waals surface area contributed by atoms with Crippen molar-refractivity contribution in [3.8, 4) is 0 Å². The summed E-state index contributed by atoms with van der Waals surface area (Å²) in [6, 6.07) is 0. The number of hydrogen-bond donors (Lipinski definition) is 1. The van der Waals surface area contributed by atoms with E-state index in [1.165, 1.54) is 5.57 Å². The molecule has 2 aliphatic rings. The van der Waals surface area contributed by atoms with E-state index in [0.717, 1.165) is 25.3 Å². The van der Waals surface area contributed by atoms with Crippen LogP contribution in [0.2, 0.25) is 0 Å². The Balaban J connectivity index is 2.19. The van der Waals surface area contributed by atoms with Crippen LogP contribution >= 0.6 is 0 Å². The molecule has 0 aromatic rings. The molecule has 0 aromatic heterocycles. The average molecular weight is 138 g/mol. The highest BCUT2D eigenvalue weighted by Crippen LogP contribution is 2.12. The summed E-state index contributed by atoms with van der Waals surface area (Å²) in [5.74, 6) is 0. The van der Waals surface area contributed by atoms with Gasteiger partial charge in [-0.05, 0) is 12.0 Å². The second-order valence-corrected chi connectivity index (χ2v) is 2.45. The maximum Gasteiger partial charge on any atom is 0.0908 e. The highest BCUT2D eigenvalue weighted by Gasteiger charge is 2.14. The van der Waals surface area contributed by atoms with E-state index in [2.05, 4.69) is 16.6 Å². The largest absolute Gasteiger partial charge is 0.375 e. The number of nitrogens with zero attached hydrogens (tertiary/aromatic N) is 1. The molecule has 3 nitrogen and oxygen atoms in total. The van der Waals surface area contributed by atoms with Crippen LogP contribution in [0.25, 0.3) is 0 Å². The molecule has 0 aromatic carbocycles. The molecule has 10 heavy (non-hydrogen) atoms. The van der Waals surface area contributed by atoms with Gasteiger partial charge in [0.1, 0.15) is 0 Å². The number of rotatable bonds is 0. The summed E-state index contributed by atoms with van der Waals surface area (Å²) in [6.45, 7) is 2.41. The Hall–Kier alpha value is -0.830. The molecular weight excluding hydrogens is 128 g/mol. The summed E-state index contributed by atoms with van der Waals surface area (Å²) in [6.07, 6.45) is 3.21. The minimum absolute atomic E-state index is 0.679. The minimum atomic E-state index is 0.679. The summed E-state index contributed by atoms with van der Waals surface area (Å²) in [5, 5.41) is 4.12. The molecule has 1 N–H and O–H groups in total. The Kier molecular flexibility index (Phi) is 1.43. The molecule has 0 aliphatic carbocycles. The van der Waals surface area contributed by atoms with Crippen LogP contribution in [0.4, 0.5) is 0 Å². The fourth-order valence-corrected chi connectivity index (χ4v) is 1.22. The number of hydrazone groups is 1. The number of nitrogens with one attached hydrogen (secondary N) is 1. The van der Waals surface area contributed by atoms with E-state index in [1.54, 1.807) is 0 Å². The highest BCUT2D eigenvalue weighted by atomic mass is 16.5. The lowest BCUT2D eigenvalue weighted by Crippen LogP contribution is -2.27. The molecule has 0 amide bonds. The molecule has 2 aliphatic heterocycles. The van der Waals surface area contributed by atoms with Gasteiger partial charge in [-0.25, -0.2) is 0 Å². The molecule has 1 fully saturated rings. The standard InChI is InChI=1S/C7H10N2O/c1-3-8-9-7-5-10-4-2-6(1)7/h1,8H,2-5H2. The number of ether oxygens (including phenoxy) is 1. The van der Waals surface area contributed by atoms with Crippen LogP contribution in [0.1, 0.15) is 6.42 Å². The molecule has 3 heteroatoms. The molecule has 2 heterocycles. The van der Waals surface area contributed by atoms with Crippen molar-refractivity contribution in [2.24, 2.45) is 5.10 Å². The lowest BCUT2D eigenvalue weighted by molar-refractivity contribution is 0.165. The van der Waals surface area contributed by atoms with Gasteiger partial charge in [0.05, 0.1) is 25.5 Å². The van der Waals surface area contributed by atoms with Gasteiger partial charge in [-0.1, -0.05) is 6.08 Å². The molecule has 0 saturated carbocycles. The molecule has 1 saturated heterocycles. The van der Waals surface area contributed by atoms with Gasteiger partial charge in [-0.2, -0.15) is 5.10 Å². The molecule has 0 atom stereocenters. The van der Waals surface area contributed by atoms with Crippen molar-refractivity contribution in [3.05, 3.63) is 11.6 Å². The van der Waals surface area contributed by atoms with Crippen LogP contribution in [-0.4, -0.2) is 25.5 Å². The van der Waals surface area contributed by atoms with Gasteiger partial charge in [-0.3, -0.25) is 0 Å². The topological polar surface area (TPSA) is 33.6 Å². The Labute approximate surface area is 59.8 Å². The quantitative estimate of drug-likeness (QED) is 0.522. The molecule has 0 unspecified atom stereocenters. The van der Waals surface area contributed by atoms with Crippen LogP contribution in [0.15, 0.2) is 16.8 Å². The molecule has 2 rings (SSSR count). The third-order valence-electron chi connectivity index (χ3n) is 1.78. The van der Waals surface area contributed by atoms with Crippen molar-refractivity contribution >= 4 is 5.71 Å². The predicted octanol–water partition coefficient (Wildman–Crippen LogP) is 0.292. The maximum atomic E-state index is 5.23. The Morgan fingerprint density at radius 3 is 3.50 bits per heavy atom. The highest BCUT2D eigenvalue weighted by molar-refractivity contribution is 6.01. The van der Waals surface area contributed by atoms with E-state index in [1.807, 2.05) is 0 Å². The Bertz CT molecular complexity index is 174. The van der Waals surface area contributed by atoms with Crippen molar-refractivity contribution in [3.63, 3.8) is 0 Å². The third kappa shape index (κ3) is 0.926. The van der Waals surface area contributed by atoms with Crippen LogP contribution in [0.5, 0.6) is 0 Å². The van der Waals surface area contributed by atoms with Gasteiger partial charge >= 0.3 is 0 Å². The van der Waals surface area contributed by atoms with Crippen LogP contribution in [-0.2, 0) is 4.74 Å². The van der Waals surface area contributed by atoms with Crippen molar-refractivity contribution in [2.45, 2.75) is 6.42 Å². The van der Waals surface area contributed by atoms with Crippen molar-refractivity contribution in [1.82, 2.24) is 5.43 Å². The third-order valence-corrected chi connectivity index (χ3v) is 1.78. The summed E-state index contributed by atoms with van der Waals surface area (Å²) in [5.41, 5.74) is 5.36. The first kappa shape index (κ1) is 5.92. The van der Waals surface area contributed by atoms with E-state index in [4.69, 9.17) is 4.74 Å². The van der Waals surface area contributed by atoms with Crippen molar-refractivity contribution < 1.29 is 4.74 Å². The van der Waals surface area contributed by atoms with E-state index in [9.17, 15) is 0 Å². The van der Waals surface area contributed by atoms with E-state index in [0.29, 0.717) is 6.61 Å². The molecule has 0 radical (unpaired) electrons. The summed E-state index contributed by atoms with van der Waals surface area (Å²) in [4.78, 5) is 0. The molecule has 54 valence electrons. The fraction of sp³-hybridized carbons (Fsp3) is 0.571. The summed E-state index contributed by atoms with van der Waals surface area (Å²) < 4.78 is 5.23. The smallest absolute Gasteiger partial charge is 0.0908 e. The van der Waals surface area contributed by atoms with Gasteiger partial charge in [0, 0.05) is 0 Å². The van der Waals surface area contributed by atoms with Crippen LogP contribution in [0.3, 0.4) is 0 Å². The van der Waals surface area contributed by atoms with Crippen LogP contribution < -0.4 is 5.43 Å². The SMILES string of the molecule is C1=C2CCOCC2=NNC1. The second-order valence-electron chi connectivity index (χ2n) is 2.45. The zero-order chi connectivity index (χ0) is 6.81. The van der Waals surface area contributed by atoms with E-state index in [-0.39, 0.29) is 0 Å². The lowest BCUT2D eigenvalue weighted by Gasteiger charge is -2.20. The summed E-state index contributed by atoms with van der Waals surface area (Å²) in [7, 11) is 0. The van der Waals surface area contributed by atoms with E-state index < -0.39 is 0 Å². The lowest BCUT2D eigenvalue weighted by atomic mass is 10.1. The second kappa shape index (κ2) is 2.42. The average Bonchev–Trinajstić information content (AvgIpc) is 2.05. The van der Waals surface area contributed by atoms with Gasteiger partial charge in [0.25, 0.3) is 0 Å². The number of fused-ring (bicyclic) bond motifs is 1.